The minimum Gasteiger partial charge on any atom is -0.404 e. The first kappa shape index (κ1) is 20.0. The third-order valence-corrected chi connectivity index (χ3v) is 3.96. The smallest absolute Gasteiger partial charge is 0.404 e. The van der Waals surface area contributed by atoms with Crippen molar-refractivity contribution in [1.29, 1.82) is 0 Å². The van der Waals surface area contributed by atoms with Gasteiger partial charge in [0.05, 0.1) is 13.2 Å². The molecule has 5 heteroatoms. The Morgan fingerprint density at radius 1 is 0.957 bits per heavy atom. The lowest BCUT2D eigenvalue weighted by atomic mass is 9.99. The monoisotopic (exact) mass is 340 g/mol. The van der Waals surface area contributed by atoms with E-state index in [1.54, 1.807) is 0 Å². The minimum atomic E-state index is -3.73. The molecule has 0 spiro atoms. The van der Waals surface area contributed by atoms with E-state index < -0.39 is 7.82 Å². The third kappa shape index (κ3) is 8.36. The fourth-order valence-electron chi connectivity index (χ4n) is 1.45. The highest BCUT2D eigenvalue weighted by atomic mass is 31.2. The number of phosphoric ester groups is 1. The molecule has 130 valence electrons. The summed E-state index contributed by atoms with van der Waals surface area (Å²) < 4.78 is 29.6. The fraction of sp³-hybridized carbons (Fsp3) is 0.556. The van der Waals surface area contributed by atoms with Gasteiger partial charge in [-0.15, -0.1) is 0 Å². The molecule has 0 aromatic heterocycles. The Morgan fingerprint density at radius 2 is 1.39 bits per heavy atom. The normalized spacial score (nSPS) is 13.0. The van der Waals surface area contributed by atoms with Gasteiger partial charge in [-0.05, 0) is 10.8 Å². The number of hydrogen-bond acceptors (Lipinski definition) is 4. The first-order valence-corrected chi connectivity index (χ1v) is 9.19. The van der Waals surface area contributed by atoms with Crippen LogP contribution in [-0.4, -0.2) is 13.2 Å². The van der Waals surface area contributed by atoms with Crippen LogP contribution in [0.1, 0.15) is 47.1 Å². The second-order valence-corrected chi connectivity index (χ2v) is 9.59. The van der Waals surface area contributed by atoms with E-state index in [0.29, 0.717) is 0 Å². The van der Waals surface area contributed by atoms with Crippen LogP contribution >= 0.6 is 7.82 Å². The summed E-state index contributed by atoms with van der Waals surface area (Å²) in [6, 6.07) is 9.28. The van der Waals surface area contributed by atoms with Crippen LogP contribution in [0.5, 0.6) is 0 Å². The molecule has 0 saturated heterocycles. The molecule has 0 saturated carbocycles. The van der Waals surface area contributed by atoms with Crippen molar-refractivity contribution in [2.24, 2.45) is 10.8 Å². The maximum Gasteiger partial charge on any atom is 0.530 e. The molecule has 0 aliphatic rings. The van der Waals surface area contributed by atoms with Crippen molar-refractivity contribution in [3.05, 3.63) is 42.5 Å². The highest BCUT2D eigenvalue weighted by molar-refractivity contribution is 7.48. The topological polar surface area (TPSA) is 44.8 Å². The van der Waals surface area contributed by atoms with Gasteiger partial charge in [0.1, 0.15) is 5.76 Å². The molecule has 1 aromatic carbocycles. The van der Waals surface area contributed by atoms with Crippen LogP contribution < -0.4 is 0 Å². The van der Waals surface area contributed by atoms with Crippen molar-refractivity contribution < 1.29 is 18.1 Å². The Hall–Kier alpha value is -1.09. The largest absolute Gasteiger partial charge is 0.530 e. The van der Waals surface area contributed by atoms with Gasteiger partial charge in [-0.25, -0.2) is 4.57 Å². The van der Waals surface area contributed by atoms with E-state index >= 15 is 0 Å². The zero-order chi connectivity index (χ0) is 17.7. The van der Waals surface area contributed by atoms with Gasteiger partial charge in [-0.3, -0.25) is 9.05 Å². The summed E-state index contributed by atoms with van der Waals surface area (Å²) in [4.78, 5) is 0. The molecule has 0 radical (unpaired) electrons. The van der Waals surface area contributed by atoms with Crippen molar-refractivity contribution in [3.63, 3.8) is 0 Å². The van der Waals surface area contributed by atoms with Gasteiger partial charge < -0.3 is 4.52 Å². The van der Waals surface area contributed by atoms with Crippen LogP contribution in [0.25, 0.3) is 5.76 Å². The highest BCUT2D eigenvalue weighted by Crippen LogP contribution is 2.54. The fourth-order valence-corrected chi connectivity index (χ4v) is 3.09. The average molecular weight is 340 g/mol. The van der Waals surface area contributed by atoms with E-state index in [4.69, 9.17) is 13.6 Å². The van der Waals surface area contributed by atoms with Gasteiger partial charge in [0.25, 0.3) is 0 Å². The summed E-state index contributed by atoms with van der Waals surface area (Å²) in [5.41, 5.74) is 0.433. The van der Waals surface area contributed by atoms with Gasteiger partial charge in [-0.2, -0.15) is 0 Å². The Morgan fingerprint density at radius 3 is 1.78 bits per heavy atom. The van der Waals surface area contributed by atoms with E-state index in [1.165, 1.54) is 0 Å². The van der Waals surface area contributed by atoms with E-state index in [-0.39, 0.29) is 29.8 Å². The van der Waals surface area contributed by atoms with E-state index in [1.807, 2.05) is 71.9 Å². The zero-order valence-electron chi connectivity index (χ0n) is 15.1. The van der Waals surface area contributed by atoms with Gasteiger partial charge >= 0.3 is 7.82 Å². The molecule has 0 N–H and O–H groups in total. The summed E-state index contributed by atoms with van der Waals surface area (Å²) in [6.07, 6.45) is 0. The van der Waals surface area contributed by atoms with E-state index in [2.05, 4.69) is 6.58 Å². The molecule has 0 aliphatic carbocycles. The predicted octanol–water partition coefficient (Wildman–Crippen LogP) is 5.91. The SMILES string of the molecule is C=C(OP(=O)(OCC(C)(C)C)OCC(C)(C)C)c1ccccc1. The van der Waals surface area contributed by atoms with Gasteiger partial charge in [0, 0.05) is 5.56 Å². The van der Waals surface area contributed by atoms with Crippen molar-refractivity contribution >= 4 is 13.6 Å². The van der Waals surface area contributed by atoms with Gasteiger partial charge in [0.2, 0.25) is 0 Å². The summed E-state index contributed by atoms with van der Waals surface area (Å²) in [6.45, 7) is 16.3. The Bertz CT molecular complexity index is 531. The van der Waals surface area contributed by atoms with Crippen molar-refractivity contribution in [2.75, 3.05) is 13.2 Å². The predicted molar refractivity (Wildman–Crippen MR) is 95.0 cm³/mol. The number of phosphoric acid groups is 1. The standard InChI is InChI=1S/C18H29O4P/c1-15(16-11-9-8-10-12-16)22-23(19,20-13-17(2,3)4)21-14-18(5,6)7/h8-12H,1,13-14H2,2-7H3. The number of hydrogen-bond donors (Lipinski definition) is 0. The molecule has 0 fully saturated rings. The van der Waals surface area contributed by atoms with Crippen molar-refractivity contribution in [2.45, 2.75) is 41.5 Å². The summed E-state index contributed by atoms with van der Waals surface area (Å²) in [5, 5.41) is 0. The van der Waals surface area contributed by atoms with Crippen LogP contribution in [0.15, 0.2) is 36.9 Å². The van der Waals surface area contributed by atoms with E-state index in [0.717, 1.165) is 5.56 Å². The van der Waals surface area contributed by atoms with Crippen LogP contribution in [0, 0.1) is 10.8 Å². The van der Waals surface area contributed by atoms with Crippen LogP contribution in [0.3, 0.4) is 0 Å². The molecule has 0 unspecified atom stereocenters. The van der Waals surface area contributed by atoms with E-state index in [9.17, 15) is 4.57 Å². The first-order chi connectivity index (χ1) is 10.4. The number of rotatable bonds is 7. The van der Waals surface area contributed by atoms with Crippen molar-refractivity contribution in [3.8, 4) is 0 Å². The summed E-state index contributed by atoms with van der Waals surface area (Å²) >= 11 is 0. The van der Waals surface area contributed by atoms with Crippen LogP contribution in [0.4, 0.5) is 0 Å². The first-order valence-electron chi connectivity index (χ1n) is 7.73. The lowest BCUT2D eigenvalue weighted by molar-refractivity contribution is 0.0872. The minimum absolute atomic E-state index is 0.155. The Kier molecular flexibility index (Phi) is 6.64. The molecular formula is C18H29O4P. The molecule has 0 aliphatic heterocycles. The number of benzene rings is 1. The quantitative estimate of drug-likeness (QED) is 0.457. The zero-order valence-corrected chi connectivity index (χ0v) is 16.0. The summed E-state index contributed by atoms with van der Waals surface area (Å²) in [7, 11) is -3.73. The highest BCUT2D eigenvalue weighted by Gasteiger charge is 2.33. The molecule has 0 amide bonds. The molecule has 0 bridgehead atoms. The Balaban J connectivity index is 2.85. The summed E-state index contributed by atoms with van der Waals surface area (Å²) in [5.74, 6) is 0.275. The molecule has 4 nitrogen and oxygen atoms in total. The van der Waals surface area contributed by atoms with Gasteiger partial charge in [-0.1, -0.05) is 78.5 Å². The average Bonchev–Trinajstić information content (AvgIpc) is 2.43. The molecular weight excluding hydrogens is 311 g/mol. The third-order valence-electron chi connectivity index (χ3n) is 2.63. The molecule has 0 heterocycles. The second-order valence-electron chi connectivity index (χ2n) is 8.00. The van der Waals surface area contributed by atoms with Crippen LogP contribution in [0.2, 0.25) is 0 Å². The molecule has 1 aromatic rings. The van der Waals surface area contributed by atoms with Crippen molar-refractivity contribution in [1.82, 2.24) is 0 Å². The molecule has 23 heavy (non-hydrogen) atoms. The lowest BCUT2D eigenvalue weighted by Crippen LogP contribution is -2.18. The molecule has 0 atom stereocenters. The maximum absolute atomic E-state index is 13.0. The lowest BCUT2D eigenvalue weighted by Gasteiger charge is -2.26. The maximum atomic E-state index is 13.0. The van der Waals surface area contributed by atoms with Crippen LogP contribution in [-0.2, 0) is 18.1 Å². The Labute approximate surface area is 140 Å². The molecule has 1 rings (SSSR count). The van der Waals surface area contributed by atoms with Gasteiger partial charge in [0.15, 0.2) is 0 Å². The second kappa shape index (κ2) is 7.65.